The molecule has 3 heterocycles. The molecular weight excluding hydrogens is 856 g/mol. The van der Waals surface area contributed by atoms with Crippen LogP contribution in [0.1, 0.15) is 103 Å². The van der Waals surface area contributed by atoms with Crippen molar-refractivity contribution in [3.8, 4) is 34.1 Å². The van der Waals surface area contributed by atoms with E-state index in [1.807, 2.05) is 23.0 Å². The molecule has 0 spiro atoms. The maximum atomic E-state index is 6.73. The standard InChI is InChI=1S/C49H54N4O.Pt/c1-32(2)16-14-15-17-35-20-23-44-43(26-35)42-22-21-40(31-45(42)52(44)46-29-37(24-25-50-46)48(5,6)7)54-41-28-38(49(8,9)10)27-39(30-41)53-34(4)47(33(3)51-53)36-18-12-11-13-19-36;/h11-13,18-29,32H,14-17H2,1-10H3;/q-2;+2. The van der Waals surface area contributed by atoms with Gasteiger partial charge >= 0.3 is 21.1 Å². The van der Waals surface area contributed by atoms with Gasteiger partial charge in [0.1, 0.15) is 5.82 Å². The molecule has 7 rings (SSSR count). The Bertz CT molecular complexity index is 2440. The molecule has 0 unspecified atom stereocenters. The molecule has 0 radical (unpaired) electrons. The minimum atomic E-state index is -0.128. The number of hydrogen-bond donors (Lipinski definition) is 0. The van der Waals surface area contributed by atoms with Gasteiger partial charge in [0.2, 0.25) is 0 Å². The molecule has 3 aromatic heterocycles. The van der Waals surface area contributed by atoms with E-state index >= 15 is 0 Å². The summed E-state index contributed by atoms with van der Waals surface area (Å²) in [6.07, 6.45) is 6.70. The maximum absolute atomic E-state index is 6.73. The molecule has 0 amide bonds. The van der Waals surface area contributed by atoms with Crippen LogP contribution < -0.4 is 4.74 Å². The summed E-state index contributed by atoms with van der Waals surface area (Å²) < 4.78 is 11.0. The van der Waals surface area contributed by atoms with Crippen molar-refractivity contribution < 1.29 is 25.8 Å². The molecule has 0 fully saturated rings. The molecule has 0 saturated carbocycles. The number of nitrogens with zero attached hydrogens (tertiary/aromatic N) is 4. The van der Waals surface area contributed by atoms with Crippen LogP contribution in [-0.4, -0.2) is 19.3 Å². The van der Waals surface area contributed by atoms with Gasteiger partial charge in [-0.25, -0.2) is 4.98 Å². The van der Waals surface area contributed by atoms with E-state index in [4.69, 9.17) is 14.8 Å². The number of aryl methyl sites for hydroxylation is 2. The summed E-state index contributed by atoms with van der Waals surface area (Å²) in [5.41, 5.74) is 10.8. The Balaban J connectivity index is 0.00000514. The Labute approximate surface area is 342 Å². The Hall–Kier alpha value is -4.47. The van der Waals surface area contributed by atoms with Crippen molar-refractivity contribution >= 4 is 21.8 Å². The second-order valence-corrected chi connectivity index (χ2v) is 17.4. The van der Waals surface area contributed by atoms with Gasteiger partial charge in [0.25, 0.3) is 0 Å². The minimum Gasteiger partial charge on any atom is -0.509 e. The fourth-order valence-corrected chi connectivity index (χ4v) is 7.46. The van der Waals surface area contributed by atoms with Crippen LogP contribution in [0.25, 0.3) is 44.4 Å². The van der Waals surface area contributed by atoms with E-state index < -0.39 is 0 Å². The second-order valence-electron chi connectivity index (χ2n) is 17.4. The number of pyridine rings is 1. The predicted molar refractivity (Wildman–Crippen MR) is 225 cm³/mol. The number of unbranched alkanes of at least 4 members (excludes halogenated alkanes) is 1. The van der Waals surface area contributed by atoms with Gasteiger partial charge in [-0.15, -0.1) is 41.3 Å². The number of fused-ring (bicyclic) bond motifs is 3. The van der Waals surface area contributed by atoms with Crippen molar-refractivity contribution in [1.29, 1.82) is 0 Å². The summed E-state index contributed by atoms with van der Waals surface area (Å²) in [5, 5.41) is 7.35. The van der Waals surface area contributed by atoms with Crippen LogP contribution in [0.2, 0.25) is 0 Å². The van der Waals surface area contributed by atoms with Crippen LogP contribution in [-0.2, 0) is 38.3 Å². The summed E-state index contributed by atoms with van der Waals surface area (Å²) in [5.74, 6) is 2.86. The third kappa shape index (κ3) is 8.53. The first-order valence-electron chi connectivity index (χ1n) is 19.5. The summed E-state index contributed by atoms with van der Waals surface area (Å²) in [6, 6.07) is 37.5. The van der Waals surface area contributed by atoms with Gasteiger partial charge in [0, 0.05) is 34.5 Å². The van der Waals surface area contributed by atoms with Crippen molar-refractivity contribution in [1.82, 2.24) is 19.3 Å². The SMILES string of the molecule is Cc1nn(-c2[c-]c(Oc3[c-]c4c(cc3)c3cc(CCCCC(C)C)ccc3n4-c3cc(C(C)(C)C)ccn3)cc(C(C)(C)C)c2)c(C)c1-c1ccccc1.[Pt+2]. The number of ether oxygens (including phenoxy) is 1. The molecule has 4 aromatic carbocycles. The quantitative estimate of drug-likeness (QED) is 0.101. The Morgan fingerprint density at radius 1 is 0.745 bits per heavy atom. The smallest absolute Gasteiger partial charge is 0.509 e. The van der Waals surface area contributed by atoms with Crippen molar-refractivity contribution in [2.75, 3.05) is 0 Å². The first-order chi connectivity index (χ1) is 25.7. The van der Waals surface area contributed by atoms with E-state index in [2.05, 4.69) is 159 Å². The zero-order valence-corrected chi connectivity index (χ0v) is 36.4. The van der Waals surface area contributed by atoms with E-state index in [1.165, 1.54) is 35.8 Å². The van der Waals surface area contributed by atoms with E-state index in [0.29, 0.717) is 11.5 Å². The maximum Gasteiger partial charge on any atom is 2.00 e. The van der Waals surface area contributed by atoms with Gasteiger partial charge in [-0.2, -0.15) is 11.2 Å². The van der Waals surface area contributed by atoms with E-state index in [9.17, 15) is 0 Å². The average Bonchev–Trinajstić information content (AvgIpc) is 3.61. The second kappa shape index (κ2) is 15.9. The van der Waals surface area contributed by atoms with Crippen LogP contribution in [0.4, 0.5) is 0 Å². The van der Waals surface area contributed by atoms with Crippen molar-refractivity contribution in [3.63, 3.8) is 0 Å². The molecule has 6 heteroatoms. The summed E-state index contributed by atoms with van der Waals surface area (Å²) >= 11 is 0. The molecule has 0 N–H and O–H groups in total. The summed E-state index contributed by atoms with van der Waals surface area (Å²) in [4.78, 5) is 4.92. The van der Waals surface area contributed by atoms with Gasteiger partial charge in [-0.1, -0.05) is 116 Å². The molecule has 0 atom stereocenters. The topological polar surface area (TPSA) is 44.9 Å². The van der Waals surface area contributed by atoms with Gasteiger partial charge in [-0.3, -0.25) is 4.68 Å². The molecule has 7 aromatic rings. The monoisotopic (exact) mass is 909 g/mol. The third-order valence-corrected chi connectivity index (χ3v) is 10.5. The fourth-order valence-electron chi connectivity index (χ4n) is 7.46. The van der Waals surface area contributed by atoms with Crippen LogP contribution >= 0.6 is 0 Å². The van der Waals surface area contributed by atoms with Crippen LogP contribution in [0.15, 0.2) is 91.1 Å². The summed E-state index contributed by atoms with van der Waals surface area (Å²) in [7, 11) is 0. The number of aromatic nitrogens is 4. The first-order valence-corrected chi connectivity index (χ1v) is 19.5. The van der Waals surface area contributed by atoms with E-state index in [0.717, 1.165) is 68.3 Å². The van der Waals surface area contributed by atoms with Crippen LogP contribution in [0.5, 0.6) is 11.5 Å². The normalized spacial score (nSPS) is 12.1. The Kier molecular flexibility index (Phi) is 11.7. The number of rotatable bonds is 10. The predicted octanol–water partition coefficient (Wildman–Crippen LogP) is 13.0. The largest absolute Gasteiger partial charge is 2.00 e. The molecule has 0 bridgehead atoms. The minimum absolute atomic E-state index is 0. The fraction of sp³-hybridized carbons (Fsp3) is 0.347. The van der Waals surface area contributed by atoms with E-state index in [1.54, 1.807) is 0 Å². The first kappa shape index (κ1) is 40.2. The van der Waals surface area contributed by atoms with E-state index in [-0.39, 0.29) is 31.9 Å². The third-order valence-electron chi connectivity index (χ3n) is 10.5. The zero-order chi connectivity index (χ0) is 38.4. The van der Waals surface area contributed by atoms with Crippen molar-refractivity contribution in [2.45, 2.75) is 106 Å². The molecule has 0 aliphatic rings. The number of hydrogen-bond acceptors (Lipinski definition) is 3. The average molecular weight is 910 g/mol. The molecule has 286 valence electrons. The van der Waals surface area contributed by atoms with Gasteiger partial charge < -0.3 is 9.30 Å². The van der Waals surface area contributed by atoms with Gasteiger partial charge in [0.05, 0.1) is 5.69 Å². The Morgan fingerprint density at radius 2 is 1.49 bits per heavy atom. The zero-order valence-electron chi connectivity index (χ0n) is 34.1. The van der Waals surface area contributed by atoms with Crippen LogP contribution in [0.3, 0.4) is 0 Å². The van der Waals surface area contributed by atoms with Crippen LogP contribution in [0, 0.1) is 31.9 Å². The summed E-state index contributed by atoms with van der Waals surface area (Å²) in [6.45, 7) is 22.2. The van der Waals surface area contributed by atoms with Gasteiger partial charge in [0.15, 0.2) is 0 Å². The molecule has 0 saturated heterocycles. The molecule has 0 aliphatic heterocycles. The molecule has 0 aliphatic carbocycles. The molecule has 55 heavy (non-hydrogen) atoms. The van der Waals surface area contributed by atoms with Gasteiger partial charge in [-0.05, 0) is 89.4 Å². The van der Waals surface area contributed by atoms with Crippen molar-refractivity contribution in [2.24, 2.45) is 5.92 Å². The van der Waals surface area contributed by atoms with Crippen molar-refractivity contribution in [3.05, 3.63) is 131 Å². The molecular formula is C49H54N4OPt. The Morgan fingerprint density at radius 3 is 2.20 bits per heavy atom. The number of benzene rings is 4. The molecule has 5 nitrogen and oxygen atoms in total.